The molecule has 2 N–H and O–H groups in total. The number of hydrogen-bond acceptors (Lipinski definition) is 2. The summed E-state index contributed by atoms with van der Waals surface area (Å²) in [4.78, 5) is 12.2. The van der Waals surface area contributed by atoms with Crippen LogP contribution in [0.2, 0.25) is 0 Å². The van der Waals surface area contributed by atoms with Crippen LogP contribution >= 0.6 is 12.4 Å². The minimum Gasteiger partial charge on any atom is -0.355 e. The van der Waals surface area contributed by atoms with Gasteiger partial charge in [0.25, 0.3) is 0 Å². The lowest BCUT2D eigenvalue weighted by molar-refractivity contribution is -0.130. The topological polar surface area (TPSA) is 41.1 Å². The van der Waals surface area contributed by atoms with E-state index < -0.39 is 0 Å². The molecule has 1 aliphatic carbocycles. The Morgan fingerprint density at radius 1 is 1.11 bits per heavy atom. The van der Waals surface area contributed by atoms with E-state index in [1.807, 2.05) is 0 Å². The smallest absolute Gasteiger partial charge is 0.225 e. The summed E-state index contributed by atoms with van der Waals surface area (Å²) in [6, 6.07) is 0. The standard InChI is InChI=1S/C14H26N2O.ClH/c1-13(7-9-15-10-8-13)11-16-12(17)14(2)5-3-4-6-14;/h15H,3-11H2,1-2H3,(H,16,17);1H. The third-order valence-corrected chi connectivity index (χ3v) is 4.74. The summed E-state index contributed by atoms with van der Waals surface area (Å²) in [5.41, 5.74) is 0.221. The Hall–Kier alpha value is -0.280. The van der Waals surface area contributed by atoms with Crippen LogP contribution in [0.3, 0.4) is 0 Å². The molecular formula is C14H27ClN2O. The highest BCUT2D eigenvalue weighted by Crippen LogP contribution is 2.38. The predicted molar refractivity (Wildman–Crippen MR) is 77.0 cm³/mol. The summed E-state index contributed by atoms with van der Waals surface area (Å²) >= 11 is 0. The summed E-state index contributed by atoms with van der Waals surface area (Å²) in [5.74, 6) is 0.287. The molecular weight excluding hydrogens is 248 g/mol. The molecule has 4 heteroatoms. The molecule has 0 bridgehead atoms. The third kappa shape index (κ3) is 3.61. The van der Waals surface area contributed by atoms with Gasteiger partial charge in [0.1, 0.15) is 0 Å². The van der Waals surface area contributed by atoms with Crippen LogP contribution in [0.15, 0.2) is 0 Å². The lowest BCUT2D eigenvalue weighted by atomic mass is 9.80. The largest absolute Gasteiger partial charge is 0.355 e. The number of carbonyl (C=O) groups is 1. The van der Waals surface area contributed by atoms with Gasteiger partial charge >= 0.3 is 0 Å². The lowest BCUT2D eigenvalue weighted by Gasteiger charge is -2.35. The van der Waals surface area contributed by atoms with Crippen molar-refractivity contribution in [2.75, 3.05) is 19.6 Å². The number of hydrogen-bond donors (Lipinski definition) is 2. The lowest BCUT2D eigenvalue weighted by Crippen LogP contribution is -2.46. The van der Waals surface area contributed by atoms with Gasteiger partial charge in [-0.1, -0.05) is 26.7 Å². The molecule has 0 spiro atoms. The summed E-state index contributed by atoms with van der Waals surface area (Å²) in [5, 5.41) is 6.59. The molecule has 0 atom stereocenters. The molecule has 1 saturated carbocycles. The van der Waals surface area contributed by atoms with Crippen LogP contribution in [0.25, 0.3) is 0 Å². The average molecular weight is 275 g/mol. The molecule has 18 heavy (non-hydrogen) atoms. The van der Waals surface area contributed by atoms with Gasteiger partial charge in [-0.05, 0) is 44.2 Å². The first-order chi connectivity index (χ1) is 8.04. The van der Waals surface area contributed by atoms with E-state index in [9.17, 15) is 4.79 Å². The van der Waals surface area contributed by atoms with Crippen molar-refractivity contribution in [3.8, 4) is 0 Å². The Balaban J connectivity index is 0.00000162. The summed E-state index contributed by atoms with van der Waals surface area (Å²) in [6.45, 7) is 7.45. The average Bonchev–Trinajstić information content (AvgIpc) is 2.75. The van der Waals surface area contributed by atoms with Crippen LogP contribution < -0.4 is 10.6 Å². The van der Waals surface area contributed by atoms with Crippen LogP contribution in [0.5, 0.6) is 0 Å². The van der Waals surface area contributed by atoms with Crippen LogP contribution in [0.1, 0.15) is 52.4 Å². The Bertz CT molecular complexity index is 282. The van der Waals surface area contributed by atoms with Gasteiger partial charge in [0, 0.05) is 12.0 Å². The Morgan fingerprint density at radius 3 is 2.22 bits per heavy atom. The Morgan fingerprint density at radius 2 is 1.67 bits per heavy atom. The van der Waals surface area contributed by atoms with Gasteiger partial charge in [0.2, 0.25) is 5.91 Å². The van der Waals surface area contributed by atoms with Crippen LogP contribution in [-0.2, 0) is 4.79 Å². The highest BCUT2D eigenvalue weighted by molar-refractivity contribution is 5.85. The molecule has 2 rings (SSSR count). The monoisotopic (exact) mass is 274 g/mol. The Kier molecular flexibility index (Phi) is 5.47. The van der Waals surface area contributed by atoms with E-state index in [1.54, 1.807) is 0 Å². The van der Waals surface area contributed by atoms with Crippen molar-refractivity contribution in [3.05, 3.63) is 0 Å². The molecule has 0 unspecified atom stereocenters. The van der Waals surface area contributed by atoms with Crippen molar-refractivity contribution >= 4 is 18.3 Å². The molecule has 106 valence electrons. The number of piperidine rings is 1. The fourth-order valence-electron chi connectivity index (χ4n) is 3.10. The van der Waals surface area contributed by atoms with Gasteiger partial charge in [-0.25, -0.2) is 0 Å². The molecule has 1 heterocycles. The molecule has 3 nitrogen and oxygen atoms in total. The van der Waals surface area contributed by atoms with Gasteiger partial charge in [-0.3, -0.25) is 4.79 Å². The molecule has 2 aliphatic rings. The zero-order valence-electron chi connectivity index (χ0n) is 11.7. The van der Waals surface area contributed by atoms with Gasteiger partial charge in [-0.15, -0.1) is 12.4 Å². The second-order valence-corrected chi connectivity index (χ2v) is 6.51. The first kappa shape index (κ1) is 15.8. The van der Waals surface area contributed by atoms with Gasteiger partial charge in [0.05, 0.1) is 0 Å². The second kappa shape index (κ2) is 6.25. The van der Waals surface area contributed by atoms with Crippen molar-refractivity contribution in [1.82, 2.24) is 10.6 Å². The van der Waals surface area contributed by atoms with Gasteiger partial charge in [0.15, 0.2) is 0 Å². The summed E-state index contributed by atoms with van der Waals surface area (Å²) in [7, 11) is 0. The summed E-state index contributed by atoms with van der Waals surface area (Å²) < 4.78 is 0. The number of carbonyl (C=O) groups excluding carboxylic acids is 1. The first-order valence-electron chi connectivity index (χ1n) is 7.03. The zero-order valence-corrected chi connectivity index (χ0v) is 12.5. The van der Waals surface area contributed by atoms with Gasteiger partial charge < -0.3 is 10.6 Å². The molecule has 0 aromatic rings. The SMILES string of the molecule is CC1(CNC(=O)C2(C)CCCC2)CCNCC1.Cl. The van der Waals surface area contributed by atoms with Crippen LogP contribution in [-0.4, -0.2) is 25.5 Å². The van der Waals surface area contributed by atoms with Crippen LogP contribution in [0.4, 0.5) is 0 Å². The highest BCUT2D eigenvalue weighted by Gasteiger charge is 2.37. The maximum atomic E-state index is 12.2. The predicted octanol–water partition coefficient (Wildman–Crippen LogP) is 2.49. The molecule has 0 aromatic heterocycles. The van der Waals surface area contributed by atoms with E-state index in [0.717, 1.165) is 32.5 Å². The van der Waals surface area contributed by atoms with E-state index in [2.05, 4.69) is 24.5 Å². The van der Waals surface area contributed by atoms with Crippen molar-refractivity contribution in [1.29, 1.82) is 0 Å². The minimum absolute atomic E-state index is 0. The molecule has 0 aromatic carbocycles. The van der Waals surface area contributed by atoms with E-state index in [1.165, 1.54) is 25.7 Å². The number of amides is 1. The first-order valence-corrected chi connectivity index (χ1v) is 7.03. The minimum atomic E-state index is -0.0801. The highest BCUT2D eigenvalue weighted by atomic mass is 35.5. The molecule has 1 aliphatic heterocycles. The normalized spacial score (nSPS) is 25.2. The van der Waals surface area contributed by atoms with Crippen molar-refractivity contribution in [2.24, 2.45) is 10.8 Å². The quantitative estimate of drug-likeness (QED) is 0.830. The number of rotatable bonds is 3. The third-order valence-electron chi connectivity index (χ3n) is 4.74. The fourth-order valence-corrected chi connectivity index (χ4v) is 3.10. The second-order valence-electron chi connectivity index (χ2n) is 6.51. The van der Waals surface area contributed by atoms with E-state index in [-0.39, 0.29) is 23.7 Å². The fraction of sp³-hybridized carbons (Fsp3) is 0.929. The van der Waals surface area contributed by atoms with Crippen molar-refractivity contribution in [2.45, 2.75) is 52.4 Å². The van der Waals surface area contributed by atoms with E-state index in [4.69, 9.17) is 0 Å². The van der Waals surface area contributed by atoms with Gasteiger partial charge in [-0.2, -0.15) is 0 Å². The zero-order chi connectivity index (χ0) is 12.4. The van der Waals surface area contributed by atoms with Crippen molar-refractivity contribution < 1.29 is 4.79 Å². The number of nitrogens with one attached hydrogen (secondary N) is 2. The maximum Gasteiger partial charge on any atom is 0.225 e. The summed E-state index contributed by atoms with van der Waals surface area (Å²) in [6.07, 6.45) is 6.90. The molecule has 0 radical (unpaired) electrons. The molecule has 1 saturated heterocycles. The van der Waals surface area contributed by atoms with E-state index in [0.29, 0.717) is 5.41 Å². The number of halogens is 1. The van der Waals surface area contributed by atoms with Crippen LogP contribution in [0, 0.1) is 10.8 Å². The molecule has 2 fully saturated rings. The Labute approximate surface area is 117 Å². The molecule has 1 amide bonds. The van der Waals surface area contributed by atoms with Crippen molar-refractivity contribution in [3.63, 3.8) is 0 Å². The maximum absolute atomic E-state index is 12.2. The van der Waals surface area contributed by atoms with E-state index >= 15 is 0 Å².